The summed E-state index contributed by atoms with van der Waals surface area (Å²) in [6.45, 7) is 2.05. The predicted molar refractivity (Wildman–Crippen MR) is 49.5 cm³/mol. The number of pyridine rings is 1. The van der Waals surface area contributed by atoms with Gasteiger partial charge in [-0.25, -0.2) is 0 Å². The van der Waals surface area contributed by atoms with Gasteiger partial charge >= 0.3 is 0 Å². The quantitative estimate of drug-likeness (QED) is 0.676. The maximum absolute atomic E-state index is 5.44. The van der Waals surface area contributed by atoms with Gasteiger partial charge in [0.05, 0.1) is 0 Å². The van der Waals surface area contributed by atoms with Crippen molar-refractivity contribution in [3.63, 3.8) is 0 Å². The van der Waals surface area contributed by atoms with Crippen molar-refractivity contribution in [2.24, 2.45) is 5.73 Å². The molecule has 0 aliphatic carbocycles. The molecule has 1 aromatic heterocycles. The van der Waals surface area contributed by atoms with Crippen molar-refractivity contribution in [1.29, 1.82) is 0 Å². The molecule has 0 fully saturated rings. The molecule has 0 amide bonds. The first-order valence-corrected chi connectivity index (χ1v) is 3.89. The Kier molecular flexibility index (Phi) is 2.54. The fourth-order valence-electron chi connectivity index (χ4n) is 0.825. The van der Waals surface area contributed by atoms with Gasteiger partial charge in [-0.1, -0.05) is 19.1 Å². The molecule has 1 aromatic rings. The first kappa shape index (κ1) is 8.14. The number of nitrogens with two attached hydrogens (primary N) is 1. The Morgan fingerprint density at radius 1 is 1.73 bits per heavy atom. The van der Waals surface area contributed by atoms with Gasteiger partial charge in [0.1, 0.15) is 4.99 Å². The Balaban J connectivity index is 3.01. The van der Waals surface area contributed by atoms with Crippen LogP contribution in [0.3, 0.4) is 0 Å². The van der Waals surface area contributed by atoms with E-state index in [2.05, 4.69) is 4.98 Å². The predicted octanol–water partition coefficient (Wildman–Crippen LogP) is 1.28. The van der Waals surface area contributed by atoms with Gasteiger partial charge < -0.3 is 5.73 Å². The van der Waals surface area contributed by atoms with Crippen LogP contribution in [0.2, 0.25) is 0 Å². The zero-order chi connectivity index (χ0) is 8.27. The molecule has 0 aromatic carbocycles. The lowest BCUT2D eigenvalue weighted by Gasteiger charge is -1.99. The molecule has 1 rings (SSSR count). The number of aromatic nitrogens is 1. The molecule has 3 heteroatoms. The Labute approximate surface area is 71.4 Å². The molecule has 0 bridgehead atoms. The number of nitrogens with zero attached hydrogens (tertiary/aromatic N) is 1. The molecule has 0 aliphatic heterocycles. The van der Waals surface area contributed by atoms with E-state index in [0.717, 1.165) is 17.7 Å². The van der Waals surface area contributed by atoms with Crippen LogP contribution in [0.25, 0.3) is 0 Å². The van der Waals surface area contributed by atoms with E-state index in [1.165, 1.54) is 0 Å². The Morgan fingerprint density at radius 2 is 2.45 bits per heavy atom. The van der Waals surface area contributed by atoms with Crippen LogP contribution in [0, 0.1) is 0 Å². The molecule has 0 spiro atoms. The van der Waals surface area contributed by atoms with Gasteiger partial charge in [0.25, 0.3) is 0 Å². The van der Waals surface area contributed by atoms with E-state index in [1.54, 1.807) is 6.20 Å². The lowest BCUT2D eigenvalue weighted by atomic mass is 10.2. The van der Waals surface area contributed by atoms with E-state index < -0.39 is 0 Å². The van der Waals surface area contributed by atoms with Crippen molar-refractivity contribution in [3.05, 3.63) is 29.6 Å². The number of rotatable bonds is 2. The first-order valence-electron chi connectivity index (χ1n) is 3.48. The van der Waals surface area contributed by atoms with Crippen molar-refractivity contribution in [2.75, 3.05) is 0 Å². The Bertz CT molecular complexity index is 271. The van der Waals surface area contributed by atoms with Crippen LogP contribution in [0.5, 0.6) is 0 Å². The zero-order valence-electron chi connectivity index (χ0n) is 6.37. The molecule has 0 saturated carbocycles. The highest BCUT2D eigenvalue weighted by Gasteiger charge is 1.96. The molecule has 0 radical (unpaired) electrons. The Morgan fingerprint density at radius 3 is 3.00 bits per heavy atom. The molecule has 2 N–H and O–H groups in total. The summed E-state index contributed by atoms with van der Waals surface area (Å²) >= 11 is 4.82. The fraction of sp³-hybridized carbons (Fsp3) is 0.250. The summed E-state index contributed by atoms with van der Waals surface area (Å²) in [5, 5.41) is 0. The SMILES string of the molecule is C[14CH2]c1cc(C(N)=S)ccn1. The molecule has 11 heavy (non-hydrogen) atoms. The third kappa shape index (κ3) is 1.98. The normalized spacial score (nSPS) is 9.55. The smallest absolute Gasteiger partial charge is 0.104 e. The van der Waals surface area contributed by atoms with Gasteiger partial charge in [-0.3, -0.25) is 4.98 Å². The van der Waals surface area contributed by atoms with E-state index >= 15 is 0 Å². The lowest BCUT2D eigenvalue weighted by Crippen LogP contribution is -2.09. The average Bonchev–Trinajstić information content (AvgIpc) is 2.05. The van der Waals surface area contributed by atoms with Gasteiger partial charge in [-0.2, -0.15) is 0 Å². The summed E-state index contributed by atoms with van der Waals surface area (Å²) in [5.74, 6) is 0. The minimum absolute atomic E-state index is 0.433. The number of hydrogen-bond donors (Lipinski definition) is 1. The van der Waals surface area contributed by atoms with E-state index in [1.807, 2.05) is 19.1 Å². The third-order valence-electron chi connectivity index (χ3n) is 1.46. The van der Waals surface area contributed by atoms with E-state index in [-0.39, 0.29) is 0 Å². The van der Waals surface area contributed by atoms with Crippen LogP contribution in [0.15, 0.2) is 18.3 Å². The third-order valence-corrected chi connectivity index (χ3v) is 1.70. The lowest BCUT2D eigenvalue weighted by molar-refractivity contribution is 1.03. The van der Waals surface area contributed by atoms with Crippen LogP contribution in [0.4, 0.5) is 0 Å². The van der Waals surface area contributed by atoms with E-state index in [9.17, 15) is 0 Å². The van der Waals surface area contributed by atoms with Gasteiger partial charge in [0.2, 0.25) is 0 Å². The summed E-state index contributed by atoms with van der Waals surface area (Å²) in [6.07, 6.45) is 2.64. The summed E-state index contributed by atoms with van der Waals surface area (Å²) in [6, 6.07) is 3.74. The monoisotopic (exact) mass is 168 g/mol. The number of hydrogen-bond acceptors (Lipinski definition) is 2. The zero-order valence-corrected chi connectivity index (χ0v) is 7.19. The average molecular weight is 168 g/mol. The summed E-state index contributed by atoms with van der Waals surface area (Å²) in [7, 11) is 0. The van der Waals surface area contributed by atoms with Gasteiger partial charge in [-0.05, 0) is 18.6 Å². The summed E-state index contributed by atoms with van der Waals surface area (Å²) in [5.41, 5.74) is 7.36. The number of thiocarbonyl (C=S) groups is 1. The minimum Gasteiger partial charge on any atom is -0.389 e. The van der Waals surface area contributed by atoms with Crippen molar-refractivity contribution in [3.8, 4) is 0 Å². The highest BCUT2D eigenvalue weighted by Crippen LogP contribution is 2.01. The van der Waals surface area contributed by atoms with E-state index in [4.69, 9.17) is 18.0 Å². The van der Waals surface area contributed by atoms with Gasteiger partial charge in [0.15, 0.2) is 0 Å². The molecular weight excluding hydrogens is 158 g/mol. The number of aryl methyl sites for hydroxylation is 1. The standard InChI is InChI=1S/C8H10N2S/c1-2-7-5-6(8(9)11)3-4-10-7/h3-5H,2H2,1H3,(H2,9,11)/i2+2. The molecule has 0 aliphatic rings. The highest BCUT2D eigenvalue weighted by molar-refractivity contribution is 7.80. The second-order valence-corrected chi connectivity index (χ2v) is 2.69. The van der Waals surface area contributed by atoms with Crippen LogP contribution < -0.4 is 5.73 Å². The summed E-state index contributed by atoms with van der Waals surface area (Å²) in [4.78, 5) is 4.56. The minimum atomic E-state index is 0.433. The fourth-order valence-corrected chi connectivity index (χ4v) is 0.952. The van der Waals surface area contributed by atoms with Crippen LogP contribution in [0.1, 0.15) is 18.2 Å². The second-order valence-electron chi connectivity index (χ2n) is 2.25. The molecule has 0 unspecified atom stereocenters. The maximum atomic E-state index is 5.44. The second kappa shape index (κ2) is 3.44. The van der Waals surface area contributed by atoms with Crippen LogP contribution in [-0.2, 0) is 6.42 Å². The molecule has 2 nitrogen and oxygen atoms in total. The van der Waals surface area contributed by atoms with Crippen molar-refractivity contribution < 1.29 is 0 Å². The molecular formula is C8H10N2S. The molecule has 0 atom stereocenters. The van der Waals surface area contributed by atoms with E-state index in [0.29, 0.717) is 4.99 Å². The van der Waals surface area contributed by atoms with Crippen molar-refractivity contribution in [1.82, 2.24) is 4.98 Å². The maximum Gasteiger partial charge on any atom is 0.104 e. The Hall–Kier alpha value is -0.960. The topological polar surface area (TPSA) is 38.9 Å². The highest BCUT2D eigenvalue weighted by atomic mass is 32.1. The summed E-state index contributed by atoms with van der Waals surface area (Å²) < 4.78 is 0. The molecule has 58 valence electrons. The first-order chi connectivity index (χ1) is 5.24. The molecule has 0 saturated heterocycles. The largest absolute Gasteiger partial charge is 0.389 e. The van der Waals surface area contributed by atoms with Gasteiger partial charge in [-0.15, -0.1) is 0 Å². The van der Waals surface area contributed by atoms with Crippen molar-refractivity contribution >= 4 is 17.2 Å². The van der Waals surface area contributed by atoms with Crippen LogP contribution >= 0.6 is 12.2 Å². The van der Waals surface area contributed by atoms with Crippen LogP contribution in [-0.4, -0.2) is 9.97 Å². The molecule has 1 heterocycles. The van der Waals surface area contributed by atoms with Gasteiger partial charge in [0, 0.05) is 17.5 Å². The van der Waals surface area contributed by atoms with Crippen molar-refractivity contribution in [2.45, 2.75) is 13.3 Å².